The van der Waals surface area contributed by atoms with Crippen molar-refractivity contribution in [2.45, 2.75) is 26.0 Å². The van der Waals surface area contributed by atoms with Gasteiger partial charge in [-0.3, -0.25) is 4.90 Å². The lowest BCUT2D eigenvalue weighted by Gasteiger charge is -2.35. The predicted molar refractivity (Wildman–Crippen MR) is 87.5 cm³/mol. The fourth-order valence-corrected chi connectivity index (χ4v) is 3.28. The fourth-order valence-electron chi connectivity index (χ4n) is 3.28. The minimum absolute atomic E-state index is 0.137. The van der Waals surface area contributed by atoms with Gasteiger partial charge in [0.1, 0.15) is 0 Å². The highest BCUT2D eigenvalue weighted by atomic mass is 16.3. The zero-order chi connectivity index (χ0) is 14.8. The molecule has 0 aromatic heterocycles. The number of benzene rings is 2. The number of aliphatic hydroxyl groups excluding tert-OH is 1. The molecule has 3 rings (SSSR count). The lowest BCUT2D eigenvalue weighted by Crippen LogP contribution is -2.49. The lowest BCUT2D eigenvalue weighted by atomic mass is 9.93. The van der Waals surface area contributed by atoms with E-state index < -0.39 is 6.10 Å². The molecule has 0 radical (unpaired) electrons. The van der Waals surface area contributed by atoms with E-state index in [0.717, 1.165) is 31.7 Å². The summed E-state index contributed by atoms with van der Waals surface area (Å²) >= 11 is 0. The Hall–Kier alpha value is -1.42. The van der Waals surface area contributed by atoms with Gasteiger partial charge in [0.2, 0.25) is 0 Å². The number of aliphatic hydroxyl groups is 1. The molecule has 2 atom stereocenters. The first-order chi connectivity index (χ1) is 10.2. The van der Waals surface area contributed by atoms with Crippen molar-refractivity contribution < 1.29 is 5.11 Å². The molecular formula is C18H24N2O. The van der Waals surface area contributed by atoms with Gasteiger partial charge in [-0.1, -0.05) is 36.4 Å². The Morgan fingerprint density at radius 3 is 2.43 bits per heavy atom. The number of piperazine rings is 1. The highest BCUT2D eigenvalue weighted by Crippen LogP contribution is 2.30. The van der Waals surface area contributed by atoms with E-state index in [1.54, 1.807) is 0 Å². The van der Waals surface area contributed by atoms with Crippen molar-refractivity contribution in [3.05, 3.63) is 47.5 Å². The summed E-state index contributed by atoms with van der Waals surface area (Å²) in [6.07, 6.45) is -0.450. The molecule has 0 bridgehead atoms. The van der Waals surface area contributed by atoms with Crippen LogP contribution in [0.2, 0.25) is 0 Å². The van der Waals surface area contributed by atoms with Crippen molar-refractivity contribution in [1.29, 1.82) is 0 Å². The molecular weight excluding hydrogens is 260 g/mol. The molecule has 2 N–H and O–H groups in total. The predicted octanol–water partition coefficient (Wildman–Crippen LogP) is 2.48. The van der Waals surface area contributed by atoms with Crippen molar-refractivity contribution in [1.82, 2.24) is 10.2 Å². The van der Waals surface area contributed by atoms with Crippen molar-refractivity contribution in [2.24, 2.45) is 0 Å². The zero-order valence-electron chi connectivity index (χ0n) is 12.8. The van der Waals surface area contributed by atoms with Crippen LogP contribution >= 0.6 is 0 Å². The smallest absolute Gasteiger partial charge is 0.0948 e. The zero-order valence-corrected chi connectivity index (χ0v) is 12.8. The Bertz CT molecular complexity index is 620. The molecule has 1 saturated heterocycles. The van der Waals surface area contributed by atoms with Crippen LogP contribution < -0.4 is 5.32 Å². The van der Waals surface area contributed by atoms with Gasteiger partial charge in [-0.15, -0.1) is 0 Å². The maximum absolute atomic E-state index is 10.9. The summed E-state index contributed by atoms with van der Waals surface area (Å²) < 4.78 is 0. The molecule has 2 aromatic rings. The van der Waals surface area contributed by atoms with E-state index in [1.165, 1.54) is 16.3 Å². The largest absolute Gasteiger partial charge is 0.387 e. The molecule has 21 heavy (non-hydrogen) atoms. The number of nitrogens with zero attached hydrogens (tertiary/aromatic N) is 1. The topological polar surface area (TPSA) is 35.5 Å². The van der Waals surface area contributed by atoms with Gasteiger partial charge in [0.25, 0.3) is 0 Å². The van der Waals surface area contributed by atoms with Gasteiger partial charge in [-0.2, -0.15) is 0 Å². The van der Waals surface area contributed by atoms with Crippen LogP contribution in [-0.4, -0.2) is 42.2 Å². The fraction of sp³-hybridized carbons (Fsp3) is 0.444. The molecule has 112 valence electrons. The SMILES string of the molecule is Cc1ccc(C(O)C(C)N2CCNCC2)c2ccccc12. The van der Waals surface area contributed by atoms with Crippen LogP contribution in [0, 0.1) is 6.92 Å². The van der Waals surface area contributed by atoms with Gasteiger partial charge in [0.15, 0.2) is 0 Å². The van der Waals surface area contributed by atoms with Crippen LogP contribution in [0.15, 0.2) is 36.4 Å². The van der Waals surface area contributed by atoms with E-state index in [2.05, 4.69) is 54.4 Å². The molecule has 0 saturated carbocycles. The third kappa shape index (κ3) is 2.82. The van der Waals surface area contributed by atoms with E-state index in [1.807, 2.05) is 6.07 Å². The molecule has 1 aliphatic rings. The number of hydrogen-bond acceptors (Lipinski definition) is 3. The van der Waals surface area contributed by atoms with E-state index in [0.29, 0.717) is 0 Å². The molecule has 0 amide bonds. The normalized spacial score (nSPS) is 19.6. The van der Waals surface area contributed by atoms with E-state index in [4.69, 9.17) is 0 Å². The molecule has 3 nitrogen and oxygen atoms in total. The molecule has 2 aromatic carbocycles. The number of fused-ring (bicyclic) bond motifs is 1. The van der Waals surface area contributed by atoms with Gasteiger partial charge in [-0.25, -0.2) is 0 Å². The Balaban J connectivity index is 1.94. The molecule has 1 fully saturated rings. The second kappa shape index (κ2) is 6.14. The first-order valence-electron chi connectivity index (χ1n) is 7.79. The summed E-state index contributed by atoms with van der Waals surface area (Å²) in [5, 5.41) is 16.6. The second-order valence-corrected chi connectivity index (χ2v) is 5.99. The number of hydrogen-bond donors (Lipinski definition) is 2. The van der Waals surface area contributed by atoms with Crippen molar-refractivity contribution >= 4 is 10.8 Å². The second-order valence-electron chi connectivity index (χ2n) is 5.99. The highest BCUT2D eigenvalue weighted by molar-refractivity contribution is 5.88. The highest BCUT2D eigenvalue weighted by Gasteiger charge is 2.25. The van der Waals surface area contributed by atoms with E-state index in [-0.39, 0.29) is 6.04 Å². The van der Waals surface area contributed by atoms with Crippen LogP contribution in [-0.2, 0) is 0 Å². The van der Waals surface area contributed by atoms with Crippen molar-refractivity contribution in [2.75, 3.05) is 26.2 Å². The minimum atomic E-state index is -0.450. The lowest BCUT2D eigenvalue weighted by molar-refractivity contribution is 0.0519. The minimum Gasteiger partial charge on any atom is -0.387 e. The van der Waals surface area contributed by atoms with Crippen LogP contribution in [0.4, 0.5) is 0 Å². The van der Waals surface area contributed by atoms with Gasteiger partial charge in [0, 0.05) is 32.2 Å². The third-order valence-electron chi connectivity index (χ3n) is 4.68. The molecule has 1 aliphatic heterocycles. The van der Waals surface area contributed by atoms with Gasteiger partial charge in [0.05, 0.1) is 6.10 Å². The van der Waals surface area contributed by atoms with Crippen LogP contribution in [0.5, 0.6) is 0 Å². The Kier molecular flexibility index (Phi) is 4.24. The quantitative estimate of drug-likeness (QED) is 0.909. The average molecular weight is 284 g/mol. The maximum atomic E-state index is 10.9. The van der Waals surface area contributed by atoms with Gasteiger partial charge in [-0.05, 0) is 35.7 Å². The summed E-state index contributed by atoms with van der Waals surface area (Å²) in [7, 11) is 0. The molecule has 1 heterocycles. The summed E-state index contributed by atoms with van der Waals surface area (Å²) in [5.74, 6) is 0. The first-order valence-corrected chi connectivity index (χ1v) is 7.79. The van der Waals surface area contributed by atoms with Gasteiger partial charge < -0.3 is 10.4 Å². The summed E-state index contributed by atoms with van der Waals surface area (Å²) in [5.41, 5.74) is 2.30. The summed E-state index contributed by atoms with van der Waals surface area (Å²) in [6.45, 7) is 8.27. The monoisotopic (exact) mass is 284 g/mol. The van der Waals surface area contributed by atoms with Crippen LogP contribution in [0.1, 0.15) is 24.2 Å². The van der Waals surface area contributed by atoms with E-state index >= 15 is 0 Å². The van der Waals surface area contributed by atoms with Crippen molar-refractivity contribution in [3.63, 3.8) is 0 Å². The number of rotatable bonds is 3. The number of nitrogens with one attached hydrogen (secondary N) is 1. The van der Waals surface area contributed by atoms with Crippen molar-refractivity contribution in [3.8, 4) is 0 Å². The molecule has 0 aliphatic carbocycles. The van der Waals surface area contributed by atoms with E-state index in [9.17, 15) is 5.11 Å². The Labute approximate surface area is 126 Å². The first kappa shape index (κ1) is 14.5. The average Bonchev–Trinajstić information content (AvgIpc) is 2.55. The summed E-state index contributed by atoms with van der Waals surface area (Å²) in [4.78, 5) is 2.37. The van der Waals surface area contributed by atoms with Gasteiger partial charge >= 0.3 is 0 Å². The number of aryl methyl sites for hydroxylation is 1. The van der Waals surface area contributed by atoms with Crippen LogP contribution in [0.25, 0.3) is 10.8 Å². The third-order valence-corrected chi connectivity index (χ3v) is 4.68. The standard InChI is InChI=1S/C18H24N2O/c1-13-7-8-17(16-6-4-3-5-15(13)16)18(21)14(2)20-11-9-19-10-12-20/h3-8,14,18-19,21H,9-12H2,1-2H3. The molecule has 0 spiro atoms. The van der Waals surface area contributed by atoms with Crippen LogP contribution in [0.3, 0.4) is 0 Å². The molecule has 3 heteroatoms. The Morgan fingerprint density at radius 1 is 1.05 bits per heavy atom. The Morgan fingerprint density at radius 2 is 1.71 bits per heavy atom. The summed E-state index contributed by atoms with van der Waals surface area (Å²) in [6, 6.07) is 12.7. The molecule has 2 unspecified atom stereocenters. The maximum Gasteiger partial charge on any atom is 0.0948 e.